The van der Waals surface area contributed by atoms with Crippen molar-refractivity contribution in [2.45, 2.75) is 114 Å². The second-order valence-electron chi connectivity index (χ2n) is 17.4. The van der Waals surface area contributed by atoms with Gasteiger partial charge in [0.05, 0.1) is 59.5 Å². The first-order valence-electron chi connectivity index (χ1n) is 24.2. The number of hydrogen-bond acceptors (Lipinski definition) is 12. The summed E-state index contributed by atoms with van der Waals surface area (Å²) in [4.78, 5) is 0. The standard InChI is InChI=1S/C58H66O11S/c1-3-70-58-56(67-38-46-28-17-8-18-29-46)54(65-36-44-24-13-6-14-25-44)52(63-35-43-22-11-5-12-23-43)50(69-58)41-62-34-47-30-19-31-48(32-47)39-64-53-51(59)49(40-61-33-42-20-9-4-10-21-42)68-57(60-2)55(53)66-37-45-26-15-7-16-27-45/h4-32,49-59H,3,33-41H2,1-2H3/t49-,50-,51-,52-,53+,54+,55-,56-,57+,58+/m1/s1. The predicted molar refractivity (Wildman–Crippen MR) is 269 cm³/mol. The highest BCUT2D eigenvalue weighted by atomic mass is 32.2. The van der Waals surface area contributed by atoms with E-state index in [0.717, 1.165) is 44.7 Å². The Hall–Kier alpha value is -4.77. The van der Waals surface area contributed by atoms with E-state index in [1.165, 1.54) is 0 Å². The first kappa shape index (κ1) is 51.6. The van der Waals surface area contributed by atoms with Crippen LogP contribution in [0.2, 0.25) is 0 Å². The third kappa shape index (κ3) is 15.1. The minimum absolute atomic E-state index is 0.135. The molecular formula is C58H66O11S. The van der Waals surface area contributed by atoms with Gasteiger partial charge in [-0.1, -0.05) is 183 Å². The largest absolute Gasteiger partial charge is 0.387 e. The van der Waals surface area contributed by atoms with Crippen LogP contribution in [0.15, 0.2) is 176 Å². The maximum atomic E-state index is 11.8. The molecule has 0 unspecified atom stereocenters. The van der Waals surface area contributed by atoms with Gasteiger partial charge in [-0.25, -0.2) is 0 Å². The van der Waals surface area contributed by atoms with E-state index in [2.05, 4.69) is 49.4 Å². The van der Waals surface area contributed by atoms with E-state index in [9.17, 15) is 5.11 Å². The summed E-state index contributed by atoms with van der Waals surface area (Å²) in [5.41, 5.74) is 6.68. The van der Waals surface area contributed by atoms with Gasteiger partial charge in [-0.3, -0.25) is 0 Å². The Labute approximate surface area is 417 Å². The zero-order valence-electron chi connectivity index (χ0n) is 40.0. The third-order valence-corrected chi connectivity index (χ3v) is 13.3. The molecule has 0 bridgehead atoms. The molecule has 0 saturated carbocycles. The van der Waals surface area contributed by atoms with Crippen molar-refractivity contribution in [1.82, 2.24) is 0 Å². The third-order valence-electron chi connectivity index (χ3n) is 12.3. The molecule has 70 heavy (non-hydrogen) atoms. The minimum atomic E-state index is -1.07. The highest BCUT2D eigenvalue weighted by Gasteiger charge is 2.49. The van der Waals surface area contributed by atoms with Gasteiger partial charge < -0.3 is 52.5 Å². The summed E-state index contributed by atoms with van der Waals surface area (Å²) in [5.74, 6) is 0.818. The Bertz CT molecular complexity index is 2350. The topological polar surface area (TPSA) is 113 Å². The number of hydrogen-bond donors (Lipinski definition) is 1. The van der Waals surface area contributed by atoms with Gasteiger partial charge in [0.1, 0.15) is 54.3 Å². The average Bonchev–Trinajstić information content (AvgIpc) is 3.41. The number of aliphatic hydroxyl groups excluding tert-OH is 1. The highest BCUT2D eigenvalue weighted by molar-refractivity contribution is 7.99. The number of ether oxygens (including phenoxy) is 10. The van der Waals surface area contributed by atoms with Gasteiger partial charge in [0.2, 0.25) is 0 Å². The van der Waals surface area contributed by atoms with Crippen molar-refractivity contribution in [3.05, 3.63) is 215 Å². The first-order chi connectivity index (χ1) is 34.5. The number of thioether (sulfide) groups is 1. The molecule has 6 aromatic carbocycles. The predicted octanol–water partition coefficient (Wildman–Crippen LogP) is 9.86. The lowest BCUT2D eigenvalue weighted by Crippen LogP contribution is -2.60. The molecule has 12 heteroatoms. The Kier molecular flexibility index (Phi) is 20.4. The van der Waals surface area contributed by atoms with Crippen molar-refractivity contribution >= 4 is 11.8 Å². The maximum absolute atomic E-state index is 11.8. The van der Waals surface area contributed by atoms with E-state index in [0.29, 0.717) is 33.0 Å². The number of aliphatic hydroxyl groups is 1. The number of benzene rings is 6. The van der Waals surface area contributed by atoms with Crippen LogP contribution in [0.4, 0.5) is 0 Å². The summed E-state index contributed by atoms with van der Waals surface area (Å²) in [6.45, 7) is 4.81. The van der Waals surface area contributed by atoms with Crippen LogP contribution in [0.3, 0.4) is 0 Å². The van der Waals surface area contributed by atoms with Crippen LogP contribution in [-0.4, -0.2) is 91.7 Å². The molecule has 0 radical (unpaired) electrons. The Morgan fingerprint density at radius 3 is 1.30 bits per heavy atom. The molecule has 2 fully saturated rings. The van der Waals surface area contributed by atoms with E-state index in [1.54, 1.807) is 18.9 Å². The average molecular weight is 971 g/mol. The maximum Gasteiger partial charge on any atom is 0.186 e. The summed E-state index contributed by atoms with van der Waals surface area (Å²) in [6, 6.07) is 58.3. The van der Waals surface area contributed by atoms with Crippen LogP contribution >= 0.6 is 11.8 Å². The number of rotatable bonds is 26. The van der Waals surface area contributed by atoms with Crippen molar-refractivity contribution in [3.8, 4) is 0 Å². The lowest BCUT2D eigenvalue weighted by atomic mass is 9.98. The Morgan fingerprint density at radius 2 is 0.800 bits per heavy atom. The molecule has 10 atom stereocenters. The van der Waals surface area contributed by atoms with E-state index in [1.807, 2.05) is 133 Å². The van der Waals surface area contributed by atoms with E-state index in [-0.39, 0.29) is 31.9 Å². The second-order valence-corrected chi connectivity index (χ2v) is 18.8. The minimum Gasteiger partial charge on any atom is -0.387 e. The summed E-state index contributed by atoms with van der Waals surface area (Å²) < 4.78 is 65.2. The van der Waals surface area contributed by atoms with Gasteiger partial charge in [0, 0.05) is 7.11 Å². The molecule has 6 aromatic rings. The van der Waals surface area contributed by atoms with Crippen LogP contribution in [-0.2, 0) is 93.6 Å². The molecular weight excluding hydrogens is 905 g/mol. The van der Waals surface area contributed by atoms with Crippen molar-refractivity contribution in [3.63, 3.8) is 0 Å². The monoisotopic (exact) mass is 970 g/mol. The summed E-state index contributed by atoms with van der Waals surface area (Å²) in [7, 11) is 1.57. The molecule has 0 aliphatic carbocycles. The van der Waals surface area contributed by atoms with Gasteiger partial charge in [-0.15, -0.1) is 11.8 Å². The lowest BCUT2D eigenvalue weighted by Gasteiger charge is -2.46. The van der Waals surface area contributed by atoms with Gasteiger partial charge in [0.15, 0.2) is 6.29 Å². The molecule has 0 aromatic heterocycles. The molecule has 1 N–H and O–H groups in total. The molecule has 2 saturated heterocycles. The fraction of sp³-hybridized carbons (Fsp3) is 0.379. The van der Waals surface area contributed by atoms with Crippen LogP contribution in [0, 0.1) is 0 Å². The summed E-state index contributed by atoms with van der Waals surface area (Å²) >= 11 is 1.69. The lowest BCUT2D eigenvalue weighted by molar-refractivity contribution is -0.315. The smallest absolute Gasteiger partial charge is 0.186 e. The van der Waals surface area contributed by atoms with Gasteiger partial charge in [0.25, 0.3) is 0 Å². The van der Waals surface area contributed by atoms with Crippen molar-refractivity contribution in [2.24, 2.45) is 0 Å². The Balaban J connectivity index is 0.959. The highest BCUT2D eigenvalue weighted by Crippen LogP contribution is 2.36. The quantitative estimate of drug-likeness (QED) is 0.0559. The molecule has 0 amide bonds. The normalized spacial score (nSPS) is 24.6. The SMILES string of the molecule is CCS[C@@H]1O[C@H](COCc2cccc(CO[C@H]3[C@H](O)[C@@H](COCc4ccccc4)O[C@H](OC)[C@@H]3OCc3ccccc3)c2)[C@@H](OCc2ccccc2)[C@H](OCc2ccccc2)[C@H]1OCc1ccccc1. The van der Waals surface area contributed by atoms with Crippen LogP contribution in [0.25, 0.3) is 0 Å². The molecule has 2 aliphatic heterocycles. The second kappa shape index (κ2) is 27.7. The zero-order valence-corrected chi connectivity index (χ0v) is 40.8. The summed E-state index contributed by atoms with van der Waals surface area (Å²) in [5, 5.41) is 11.8. The number of methoxy groups -OCH3 is 1. The van der Waals surface area contributed by atoms with Gasteiger partial charge >= 0.3 is 0 Å². The van der Waals surface area contributed by atoms with Gasteiger partial charge in [-0.2, -0.15) is 0 Å². The molecule has 370 valence electrons. The molecule has 2 aliphatic rings. The molecule has 11 nitrogen and oxygen atoms in total. The fourth-order valence-corrected chi connectivity index (χ4v) is 9.67. The zero-order chi connectivity index (χ0) is 48.2. The van der Waals surface area contributed by atoms with Crippen LogP contribution < -0.4 is 0 Å². The van der Waals surface area contributed by atoms with E-state index < -0.39 is 55.1 Å². The molecule has 0 spiro atoms. The van der Waals surface area contributed by atoms with Crippen molar-refractivity contribution in [2.75, 3.05) is 26.1 Å². The van der Waals surface area contributed by atoms with Crippen LogP contribution in [0.5, 0.6) is 0 Å². The van der Waals surface area contributed by atoms with E-state index in [4.69, 9.17) is 47.4 Å². The van der Waals surface area contributed by atoms with Crippen molar-refractivity contribution < 1.29 is 52.5 Å². The Morgan fingerprint density at radius 1 is 0.414 bits per heavy atom. The van der Waals surface area contributed by atoms with E-state index >= 15 is 0 Å². The van der Waals surface area contributed by atoms with Crippen LogP contribution in [0.1, 0.15) is 45.9 Å². The summed E-state index contributed by atoms with van der Waals surface area (Å²) in [6.07, 6.45) is -6.04. The molecule has 8 rings (SSSR count). The van der Waals surface area contributed by atoms with Crippen molar-refractivity contribution in [1.29, 1.82) is 0 Å². The fourth-order valence-electron chi connectivity index (χ4n) is 8.69. The molecule has 2 heterocycles. The van der Waals surface area contributed by atoms with Gasteiger partial charge in [-0.05, 0) is 44.7 Å². The first-order valence-corrected chi connectivity index (χ1v) is 25.2.